The van der Waals surface area contributed by atoms with Crippen LogP contribution in [0.1, 0.15) is 19.8 Å². The molecule has 0 saturated carbocycles. The number of nitrogens with one attached hydrogen (secondary N) is 1. The molecule has 2 amide bonds. The first-order valence-corrected chi connectivity index (χ1v) is 4.81. The standard InChI is InChI=1S/C10H13NO3/c1-5-2-3-6-7(4-12)9(13)11-10(14)8(5)6/h6-7,12H,2-4H2,1H3,(H,11,13,14)/t6-,7-/m1/s1. The van der Waals surface area contributed by atoms with E-state index in [-0.39, 0.29) is 24.3 Å². The molecule has 2 rings (SSSR count). The molecule has 1 aliphatic heterocycles. The summed E-state index contributed by atoms with van der Waals surface area (Å²) in [6.07, 6.45) is 1.67. The molecule has 0 aromatic rings. The van der Waals surface area contributed by atoms with E-state index in [4.69, 9.17) is 5.11 Å². The topological polar surface area (TPSA) is 66.4 Å². The molecule has 1 aliphatic carbocycles. The Morgan fingerprint density at radius 3 is 2.86 bits per heavy atom. The summed E-state index contributed by atoms with van der Waals surface area (Å²) in [6.45, 7) is 1.74. The lowest BCUT2D eigenvalue weighted by molar-refractivity contribution is -0.136. The second-order valence-electron chi connectivity index (χ2n) is 3.95. The van der Waals surface area contributed by atoms with E-state index in [2.05, 4.69) is 5.32 Å². The molecule has 76 valence electrons. The molecular weight excluding hydrogens is 182 g/mol. The molecule has 0 aromatic carbocycles. The third-order valence-corrected chi connectivity index (χ3v) is 3.16. The highest BCUT2D eigenvalue weighted by Gasteiger charge is 2.42. The van der Waals surface area contributed by atoms with E-state index in [9.17, 15) is 9.59 Å². The average Bonchev–Trinajstić information content (AvgIpc) is 2.49. The van der Waals surface area contributed by atoms with Gasteiger partial charge in [0.25, 0.3) is 5.91 Å². The number of rotatable bonds is 1. The maximum Gasteiger partial charge on any atom is 0.254 e. The predicted octanol–water partition coefficient (Wildman–Crippen LogP) is -0.0222. The molecule has 1 saturated heterocycles. The van der Waals surface area contributed by atoms with Crippen molar-refractivity contribution in [1.82, 2.24) is 5.32 Å². The fourth-order valence-electron chi connectivity index (χ4n) is 2.40. The van der Waals surface area contributed by atoms with E-state index < -0.39 is 5.92 Å². The van der Waals surface area contributed by atoms with Gasteiger partial charge in [-0.05, 0) is 19.8 Å². The third-order valence-electron chi connectivity index (χ3n) is 3.16. The Labute approximate surface area is 82.0 Å². The first kappa shape index (κ1) is 9.40. The minimum Gasteiger partial charge on any atom is -0.396 e. The van der Waals surface area contributed by atoms with Crippen LogP contribution in [0.2, 0.25) is 0 Å². The number of allylic oxidation sites excluding steroid dienone is 1. The van der Waals surface area contributed by atoms with Gasteiger partial charge in [0, 0.05) is 11.5 Å². The van der Waals surface area contributed by atoms with Crippen molar-refractivity contribution >= 4 is 11.8 Å². The number of carbonyl (C=O) groups is 2. The molecule has 2 atom stereocenters. The fraction of sp³-hybridized carbons (Fsp3) is 0.600. The lowest BCUT2D eigenvalue weighted by Gasteiger charge is -2.27. The van der Waals surface area contributed by atoms with Crippen LogP contribution in [0.3, 0.4) is 0 Å². The highest BCUT2D eigenvalue weighted by molar-refractivity contribution is 6.09. The minimum atomic E-state index is -0.430. The zero-order valence-electron chi connectivity index (χ0n) is 8.04. The van der Waals surface area contributed by atoms with Crippen LogP contribution >= 0.6 is 0 Å². The van der Waals surface area contributed by atoms with Gasteiger partial charge in [-0.3, -0.25) is 14.9 Å². The van der Waals surface area contributed by atoms with Crippen molar-refractivity contribution in [2.45, 2.75) is 19.8 Å². The first-order valence-electron chi connectivity index (χ1n) is 4.81. The average molecular weight is 195 g/mol. The van der Waals surface area contributed by atoms with Crippen LogP contribution < -0.4 is 5.32 Å². The quantitative estimate of drug-likeness (QED) is 0.578. The van der Waals surface area contributed by atoms with Gasteiger partial charge in [-0.1, -0.05) is 5.57 Å². The van der Waals surface area contributed by atoms with Crippen molar-refractivity contribution in [3.05, 3.63) is 11.1 Å². The molecule has 0 unspecified atom stereocenters. The minimum absolute atomic E-state index is 0.0544. The van der Waals surface area contributed by atoms with Gasteiger partial charge in [-0.2, -0.15) is 0 Å². The fourth-order valence-corrected chi connectivity index (χ4v) is 2.40. The SMILES string of the molecule is CC1=C2C(=O)NC(=O)[C@H](CO)[C@H]2CC1. The van der Waals surface area contributed by atoms with Gasteiger partial charge < -0.3 is 5.11 Å². The van der Waals surface area contributed by atoms with Crippen molar-refractivity contribution in [2.24, 2.45) is 11.8 Å². The van der Waals surface area contributed by atoms with Crippen LogP contribution in [0.25, 0.3) is 0 Å². The summed E-state index contributed by atoms with van der Waals surface area (Å²) in [4.78, 5) is 22.9. The van der Waals surface area contributed by atoms with Gasteiger partial charge >= 0.3 is 0 Å². The van der Waals surface area contributed by atoms with E-state index in [1.165, 1.54) is 0 Å². The number of piperidine rings is 1. The summed E-state index contributed by atoms with van der Waals surface area (Å²) in [5.74, 6) is -1.08. The second kappa shape index (κ2) is 3.20. The molecule has 14 heavy (non-hydrogen) atoms. The molecular formula is C10H13NO3. The van der Waals surface area contributed by atoms with Gasteiger partial charge in [0.2, 0.25) is 5.91 Å². The Hall–Kier alpha value is -1.16. The normalized spacial score (nSPS) is 31.9. The summed E-state index contributed by atoms with van der Waals surface area (Å²) in [6, 6.07) is 0. The monoisotopic (exact) mass is 195 g/mol. The number of hydrogen-bond acceptors (Lipinski definition) is 3. The van der Waals surface area contributed by atoms with E-state index in [1.54, 1.807) is 0 Å². The summed E-state index contributed by atoms with van der Waals surface area (Å²) >= 11 is 0. The van der Waals surface area contributed by atoms with Crippen molar-refractivity contribution in [1.29, 1.82) is 0 Å². The Balaban J connectivity index is 2.37. The Morgan fingerprint density at radius 2 is 2.21 bits per heavy atom. The van der Waals surface area contributed by atoms with Gasteiger partial charge in [0.1, 0.15) is 0 Å². The molecule has 0 radical (unpaired) electrons. The van der Waals surface area contributed by atoms with Gasteiger partial charge in [-0.15, -0.1) is 0 Å². The van der Waals surface area contributed by atoms with Crippen molar-refractivity contribution in [2.75, 3.05) is 6.61 Å². The highest BCUT2D eigenvalue weighted by atomic mass is 16.3. The van der Waals surface area contributed by atoms with E-state index in [0.717, 1.165) is 24.0 Å². The number of carbonyl (C=O) groups excluding carboxylic acids is 2. The highest BCUT2D eigenvalue weighted by Crippen LogP contribution is 2.39. The van der Waals surface area contributed by atoms with Gasteiger partial charge in [0.15, 0.2) is 0 Å². The molecule has 4 nitrogen and oxygen atoms in total. The van der Waals surface area contributed by atoms with Crippen molar-refractivity contribution < 1.29 is 14.7 Å². The van der Waals surface area contributed by atoms with Crippen LogP contribution in [-0.2, 0) is 9.59 Å². The van der Waals surface area contributed by atoms with Crippen LogP contribution in [0, 0.1) is 11.8 Å². The Morgan fingerprint density at radius 1 is 1.50 bits per heavy atom. The second-order valence-corrected chi connectivity index (χ2v) is 3.95. The molecule has 2 aliphatic rings. The molecule has 1 fully saturated rings. The van der Waals surface area contributed by atoms with E-state index in [1.807, 2.05) is 6.92 Å². The van der Waals surface area contributed by atoms with Gasteiger partial charge in [0.05, 0.1) is 12.5 Å². The lowest BCUT2D eigenvalue weighted by atomic mass is 9.83. The summed E-state index contributed by atoms with van der Waals surface area (Å²) in [7, 11) is 0. The molecule has 1 heterocycles. The molecule has 2 N–H and O–H groups in total. The van der Waals surface area contributed by atoms with Crippen LogP contribution in [-0.4, -0.2) is 23.5 Å². The smallest absolute Gasteiger partial charge is 0.254 e. The van der Waals surface area contributed by atoms with Gasteiger partial charge in [-0.25, -0.2) is 0 Å². The van der Waals surface area contributed by atoms with Crippen molar-refractivity contribution in [3.63, 3.8) is 0 Å². The summed E-state index contributed by atoms with van der Waals surface area (Å²) in [5, 5.41) is 11.4. The lowest BCUT2D eigenvalue weighted by Crippen LogP contribution is -2.48. The zero-order valence-corrected chi connectivity index (χ0v) is 8.04. The largest absolute Gasteiger partial charge is 0.396 e. The van der Waals surface area contributed by atoms with Crippen LogP contribution in [0.5, 0.6) is 0 Å². The number of fused-ring (bicyclic) bond motifs is 1. The molecule has 0 aromatic heterocycles. The maximum atomic E-state index is 11.5. The first-order chi connectivity index (χ1) is 6.65. The van der Waals surface area contributed by atoms with Crippen molar-refractivity contribution in [3.8, 4) is 0 Å². The van der Waals surface area contributed by atoms with E-state index >= 15 is 0 Å². The Bertz CT molecular complexity index is 332. The predicted molar refractivity (Wildman–Crippen MR) is 49.1 cm³/mol. The maximum absolute atomic E-state index is 11.5. The molecule has 4 heteroatoms. The number of imide groups is 1. The number of hydrogen-bond donors (Lipinski definition) is 2. The number of amides is 2. The molecule has 0 spiro atoms. The Kier molecular flexibility index (Phi) is 2.15. The third kappa shape index (κ3) is 1.18. The molecule has 0 bridgehead atoms. The number of aliphatic hydroxyl groups is 1. The zero-order chi connectivity index (χ0) is 10.3. The van der Waals surface area contributed by atoms with Crippen LogP contribution in [0.4, 0.5) is 0 Å². The van der Waals surface area contributed by atoms with Crippen LogP contribution in [0.15, 0.2) is 11.1 Å². The van der Waals surface area contributed by atoms with E-state index in [0.29, 0.717) is 0 Å². The summed E-state index contributed by atoms with van der Waals surface area (Å²) < 4.78 is 0. The summed E-state index contributed by atoms with van der Waals surface area (Å²) in [5.41, 5.74) is 1.78. The number of aliphatic hydroxyl groups excluding tert-OH is 1.